The maximum absolute atomic E-state index is 10.1. The van der Waals surface area contributed by atoms with Crippen molar-refractivity contribution in [3.8, 4) is 0 Å². The highest BCUT2D eigenvalue weighted by Crippen LogP contribution is 2.23. The van der Waals surface area contributed by atoms with Gasteiger partial charge in [-0.05, 0) is 18.6 Å². The van der Waals surface area contributed by atoms with Gasteiger partial charge in [0.1, 0.15) is 11.9 Å². The van der Waals surface area contributed by atoms with Gasteiger partial charge < -0.3 is 9.67 Å². The number of allylic oxidation sites excluding steroid dienone is 1. The van der Waals surface area contributed by atoms with Crippen LogP contribution in [0.25, 0.3) is 11.0 Å². The van der Waals surface area contributed by atoms with Gasteiger partial charge in [-0.1, -0.05) is 31.6 Å². The Morgan fingerprint density at radius 3 is 2.94 bits per heavy atom. The van der Waals surface area contributed by atoms with E-state index in [4.69, 9.17) is 0 Å². The molecular formula is C14H18N2O. The first-order valence-electron chi connectivity index (χ1n) is 6.02. The number of benzene rings is 1. The van der Waals surface area contributed by atoms with Crippen molar-refractivity contribution in [2.45, 2.75) is 32.4 Å². The van der Waals surface area contributed by atoms with E-state index in [0.29, 0.717) is 6.54 Å². The molecule has 0 aliphatic rings. The molecule has 0 bridgehead atoms. The van der Waals surface area contributed by atoms with Crippen molar-refractivity contribution >= 4 is 11.0 Å². The SMILES string of the molecule is C=CCn1c(C(O)CCC)nc2ccccc21. The first-order valence-corrected chi connectivity index (χ1v) is 6.02. The number of aliphatic hydroxyl groups excluding tert-OH is 1. The normalized spacial score (nSPS) is 12.8. The number of fused-ring (bicyclic) bond motifs is 1. The minimum atomic E-state index is -0.493. The van der Waals surface area contributed by atoms with Crippen LogP contribution in [0.3, 0.4) is 0 Å². The number of aliphatic hydroxyl groups is 1. The van der Waals surface area contributed by atoms with Gasteiger partial charge in [0.15, 0.2) is 0 Å². The molecule has 90 valence electrons. The molecule has 1 atom stereocenters. The molecule has 0 aliphatic carbocycles. The Hall–Kier alpha value is -1.61. The van der Waals surface area contributed by atoms with Gasteiger partial charge in [-0.3, -0.25) is 0 Å². The van der Waals surface area contributed by atoms with E-state index in [-0.39, 0.29) is 0 Å². The Balaban J connectivity index is 2.52. The summed E-state index contributed by atoms with van der Waals surface area (Å²) in [6, 6.07) is 7.94. The van der Waals surface area contributed by atoms with E-state index >= 15 is 0 Å². The molecule has 0 saturated heterocycles. The number of nitrogens with zero attached hydrogens (tertiary/aromatic N) is 2. The Morgan fingerprint density at radius 1 is 1.47 bits per heavy atom. The first kappa shape index (κ1) is 11.9. The molecule has 0 spiro atoms. The molecule has 2 aromatic rings. The summed E-state index contributed by atoms with van der Waals surface area (Å²) in [4.78, 5) is 4.52. The Morgan fingerprint density at radius 2 is 2.24 bits per heavy atom. The average Bonchev–Trinajstić information content (AvgIpc) is 2.70. The second kappa shape index (κ2) is 5.15. The van der Waals surface area contributed by atoms with Crippen LogP contribution >= 0.6 is 0 Å². The Bertz CT molecular complexity index is 516. The third-order valence-corrected chi connectivity index (χ3v) is 2.86. The van der Waals surface area contributed by atoms with Crippen molar-refractivity contribution in [2.24, 2.45) is 0 Å². The minimum absolute atomic E-state index is 0.493. The second-order valence-corrected chi connectivity index (χ2v) is 4.16. The molecule has 0 radical (unpaired) electrons. The van der Waals surface area contributed by atoms with Crippen molar-refractivity contribution in [1.82, 2.24) is 9.55 Å². The topological polar surface area (TPSA) is 38.0 Å². The van der Waals surface area contributed by atoms with Gasteiger partial charge in [-0.15, -0.1) is 6.58 Å². The van der Waals surface area contributed by atoms with Crippen LogP contribution in [0.4, 0.5) is 0 Å². The fourth-order valence-corrected chi connectivity index (χ4v) is 2.07. The largest absolute Gasteiger partial charge is 0.385 e. The zero-order valence-electron chi connectivity index (χ0n) is 10.1. The average molecular weight is 230 g/mol. The third-order valence-electron chi connectivity index (χ3n) is 2.86. The van der Waals surface area contributed by atoms with E-state index in [1.807, 2.05) is 34.9 Å². The molecule has 1 N–H and O–H groups in total. The van der Waals surface area contributed by atoms with Gasteiger partial charge in [0.05, 0.1) is 11.0 Å². The third kappa shape index (κ3) is 2.24. The molecule has 3 heteroatoms. The molecule has 3 nitrogen and oxygen atoms in total. The minimum Gasteiger partial charge on any atom is -0.385 e. The first-order chi connectivity index (χ1) is 8.27. The van der Waals surface area contributed by atoms with Crippen molar-refractivity contribution in [2.75, 3.05) is 0 Å². The van der Waals surface area contributed by atoms with Gasteiger partial charge in [0.25, 0.3) is 0 Å². The summed E-state index contributed by atoms with van der Waals surface area (Å²) >= 11 is 0. The van der Waals surface area contributed by atoms with E-state index in [2.05, 4.69) is 18.5 Å². The molecule has 17 heavy (non-hydrogen) atoms. The van der Waals surface area contributed by atoms with Crippen LogP contribution in [0, 0.1) is 0 Å². The molecule has 1 heterocycles. The number of para-hydroxylation sites is 2. The van der Waals surface area contributed by atoms with Crippen molar-refractivity contribution < 1.29 is 5.11 Å². The summed E-state index contributed by atoms with van der Waals surface area (Å²) in [5, 5.41) is 10.1. The predicted molar refractivity (Wildman–Crippen MR) is 69.8 cm³/mol. The van der Waals surface area contributed by atoms with Gasteiger partial charge >= 0.3 is 0 Å². The van der Waals surface area contributed by atoms with Gasteiger partial charge in [-0.2, -0.15) is 0 Å². The number of rotatable bonds is 5. The zero-order valence-corrected chi connectivity index (χ0v) is 10.1. The quantitative estimate of drug-likeness (QED) is 0.802. The van der Waals surface area contributed by atoms with Crippen LogP contribution in [0.1, 0.15) is 31.7 Å². The molecule has 0 fully saturated rings. The lowest BCUT2D eigenvalue weighted by Crippen LogP contribution is -2.08. The summed E-state index contributed by atoms with van der Waals surface area (Å²) in [5.41, 5.74) is 1.98. The van der Waals surface area contributed by atoms with Gasteiger partial charge in [0.2, 0.25) is 0 Å². The standard InChI is InChI=1S/C14H18N2O/c1-3-7-13(17)14-15-11-8-5-6-9-12(11)16(14)10-4-2/h4-6,8-9,13,17H,2-3,7,10H2,1H3. The number of aromatic nitrogens is 2. The van der Waals surface area contributed by atoms with Crippen LogP contribution in [-0.4, -0.2) is 14.7 Å². The fourth-order valence-electron chi connectivity index (χ4n) is 2.07. The lowest BCUT2D eigenvalue weighted by atomic mass is 10.2. The lowest BCUT2D eigenvalue weighted by molar-refractivity contribution is 0.153. The van der Waals surface area contributed by atoms with Crippen molar-refractivity contribution in [3.05, 3.63) is 42.7 Å². The van der Waals surface area contributed by atoms with E-state index in [1.54, 1.807) is 0 Å². The predicted octanol–water partition coefficient (Wildman–Crippen LogP) is 3.06. The summed E-state index contributed by atoms with van der Waals surface area (Å²) < 4.78 is 2.03. The smallest absolute Gasteiger partial charge is 0.139 e. The highest BCUT2D eigenvalue weighted by atomic mass is 16.3. The highest BCUT2D eigenvalue weighted by molar-refractivity contribution is 5.76. The fraction of sp³-hybridized carbons (Fsp3) is 0.357. The van der Waals surface area contributed by atoms with Crippen LogP contribution in [-0.2, 0) is 6.54 Å². The maximum Gasteiger partial charge on any atom is 0.139 e. The van der Waals surface area contributed by atoms with E-state index in [0.717, 1.165) is 29.7 Å². The van der Waals surface area contributed by atoms with Crippen molar-refractivity contribution in [3.63, 3.8) is 0 Å². The lowest BCUT2D eigenvalue weighted by Gasteiger charge is -2.11. The molecular weight excluding hydrogens is 212 g/mol. The summed E-state index contributed by atoms with van der Waals surface area (Å²) in [6.45, 7) is 6.50. The summed E-state index contributed by atoms with van der Waals surface area (Å²) in [7, 11) is 0. The number of hydrogen-bond donors (Lipinski definition) is 1. The van der Waals surface area contributed by atoms with Crippen LogP contribution in [0.15, 0.2) is 36.9 Å². The van der Waals surface area contributed by atoms with Gasteiger partial charge in [0, 0.05) is 6.54 Å². The molecule has 2 rings (SSSR count). The molecule has 0 amide bonds. The monoisotopic (exact) mass is 230 g/mol. The summed E-state index contributed by atoms with van der Waals surface area (Å²) in [6.07, 6.45) is 3.02. The van der Waals surface area contributed by atoms with E-state index in [9.17, 15) is 5.11 Å². The Kier molecular flexibility index (Phi) is 3.59. The van der Waals surface area contributed by atoms with Crippen LogP contribution < -0.4 is 0 Å². The zero-order chi connectivity index (χ0) is 12.3. The molecule has 0 saturated carbocycles. The number of hydrogen-bond acceptors (Lipinski definition) is 2. The van der Waals surface area contributed by atoms with Crippen molar-refractivity contribution in [1.29, 1.82) is 0 Å². The molecule has 0 aliphatic heterocycles. The van der Waals surface area contributed by atoms with Crippen LogP contribution in [0.5, 0.6) is 0 Å². The molecule has 1 unspecified atom stereocenters. The van der Waals surface area contributed by atoms with Crippen LogP contribution in [0.2, 0.25) is 0 Å². The van der Waals surface area contributed by atoms with E-state index < -0.39 is 6.10 Å². The number of imidazole rings is 1. The highest BCUT2D eigenvalue weighted by Gasteiger charge is 2.16. The molecule has 1 aromatic heterocycles. The van der Waals surface area contributed by atoms with E-state index in [1.165, 1.54) is 0 Å². The van der Waals surface area contributed by atoms with Gasteiger partial charge in [-0.25, -0.2) is 4.98 Å². The second-order valence-electron chi connectivity index (χ2n) is 4.16. The maximum atomic E-state index is 10.1. The molecule has 1 aromatic carbocycles. The Labute approximate surface area is 101 Å². The summed E-state index contributed by atoms with van der Waals surface area (Å²) in [5.74, 6) is 0.743.